The molecule has 6 fully saturated rings. The average molecular weight is 746 g/mol. The molecule has 2 aromatic heterocycles. The van der Waals surface area contributed by atoms with Gasteiger partial charge in [-0.05, 0) is 183 Å². The van der Waals surface area contributed by atoms with E-state index >= 15 is 0 Å². The van der Waals surface area contributed by atoms with Gasteiger partial charge in [-0.25, -0.2) is 0 Å². The first-order valence-electron chi connectivity index (χ1n) is 23.6. The number of Topliss-reactive ketones (excluding diaryl/α,β-unsaturated/α-hetero) is 2. The molecule has 3 heteroatoms. The van der Waals surface area contributed by atoms with Crippen LogP contribution in [0.2, 0.25) is 0 Å². The van der Waals surface area contributed by atoms with Crippen molar-refractivity contribution in [1.29, 1.82) is 0 Å². The Labute approximate surface area is 334 Å². The summed E-state index contributed by atoms with van der Waals surface area (Å²) in [6.07, 6.45) is 24.5. The molecule has 0 atom stereocenters. The summed E-state index contributed by atoms with van der Waals surface area (Å²) in [6, 6.07) is 17.8. The van der Waals surface area contributed by atoms with Gasteiger partial charge in [-0.2, -0.15) is 0 Å². The van der Waals surface area contributed by atoms with Crippen LogP contribution < -0.4 is 0 Å². The van der Waals surface area contributed by atoms with Crippen LogP contribution in [0, 0.1) is 11.8 Å². The molecule has 2 heterocycles. The topological polar surface area (TPSA) is 38.5 Å². The Bertz CT molecular complexity index is 2750. The van der Waals surface area contributed by atoms with Gasteiger partial charge in [0.1, 0.15) is 0 Å². The van der Waals surface area contributed by atoms with E-state index in [2.05, 4.69) is 46.9 Å². The zero-order chi connectivity index (χ0) is 36.9. The highest BCUT2D eigenvalue weighted by Crippen LogP contribution is 2.78. The molecule has 6 aromatic rings. The number of rotatable bonds is 0. The summed E-state index contributed by atoms with van der Waals surface area (Å²) < 4.78 is 2.69. The second-order valence-electron chi connectivity index (χ2n) is 21.8. The molecule has 0 spiro atoms. The van der Waals surface area contributed by atoms with Gasteiger partial charge in [0, 0.05) is 66.2 Å². The molecule has 3 nitrogen and oxygen atoms in total. The first-order chi connectivity index (χ1) is 28.0. The highest BCUT2D eigenvalue weighted by atomic mass is 16.1. The Balaban J connectivity index is 1.19. The van der Waals surface area contributed by atoms with Crippen LogP contribution in [-0.2, 0) is 21.7 Å². The van der Waals surface area contributed by atoms with Crippen molar-refractivity contribution in [2.45, 2.75) is 162 Å². The maximum atomic E-state index is 14.5. The van der Waals surface area contributed by atoms with E-state index in [1.165, 1.54) is 115 Å². The fraction of sp³-hybridized carbons (Fsp3) is 0.519. The molecule has 0 saturated heterocycles. The maximum absolute atomic E-state index is 14.5. The van der Waals surface area contributed by atoms with Crippen LogP contribution in [0.3, 0.4) is 0 Å². The van der Waals surface area contributed by atoms with Crippen molar-refractivity contribution in [2.75, 3.05) is 0 Å². The predicted octanol–water partition coefficient (Wildman–Crippen LogP) is 13.2. The quantitative estimate of drug-likeness (QED) is 0.155. The summed E-state index contributed by atoms with van der Waals surface area (Å²) in [5.74, 6) is 2.12. The van der Waals surface area contributed by atoms with Crippen molar-refractivity contribution < 1.29 is 9.59 Å². The Morgan fingerprint density at radius 3 is 1.32 bits per heavy atom. The van der Waals surface area contributed by atoms with E-state index in [1.807, 2.05) is 0 Å². The SMILES string of the molecule is O=C1c2cc3c(cc2C2CCC1CC2)c1c2c4c(c5c6cc7c(cc6n3c15)C(=O)C1CCC7CC1)C13CCCC1(CCC3)c1cccc(c1-4)C13CCCC21CCC3. The van der Waals surface area contributed by atoms with Gasteiger partial charge in [-0.15, -0.1) is 0 Å². The molecule has 18 rings (SSSR count). The van der Waals surface area contributed by atoms with Gasteiger partial charge in [0.25, 0.3) is 0 Å². The summed E-state index contributed by atoms with van der Waals surface area (Å²) >= 11 is 0. The molecule has 0 amide bonds. The van der Waals surface area contributed by atoms with Gasteiger partial charge in [0.2, 0.25) is 0 Å². The second kappa shape index (κ2) is 9.56. The van der Waals surface area contributed by atoms with Crippen molar-refractivity contribution in [2.24, 2.45) is 11.8 Å². The first-order valence-corrected chi connectivity index (χ1v) is 23.6. The van der Waals surface area contributed by atoms with Crippen LogP contribution in [0.25, 0.3) is 49.2 Å². The Hall–Kier alpha value is -3.98. The summed E-state index contributed by atoms with van der Waals surface area (Å²) in [5.41, 5.74) is 19.8. The number of benzene rings is 4. The van der Waals surface area contributed by atoms with Gasteiger partial charge in [-0.3, -0.25) is 9.59 Å². The molecule has 6 saturated carbocycles. The fourth-order valence-corrected chi connectivity index (χ4v) is 18.8. The largest absolute Gasteiger partial charge is 0.308 e. The molecule has 0 N–H and O–H groups in total. The first kappa shape index (κ1) is 31.0. The minimum absolute atomic E-state index is 0.149. The number of hydrogen-bond donors (Lipinski definition) is 0. The number of aromatic nitrogens is 1. The van der Waals surface area contributed by atoms with Crippen molar-refractivity contribution >= 4 is 49.7 Å². The molecule has 12 aliphatic carbocycles. The highest BCUT2D eigenvalue weighted by molar-refractivity contribution is 6.29. The van der Waals surface area contributed by atoms with Crippen LogP contribution in [0.5, 0.6) is 0 Å². The zero-order valence-electron chi connectivity index (χ0n) is 33.3. The van der Waals surface area contributed by atoms with Gasteiger partial charge in [-0.1, -0.05) is 43.9 Å². The normalized spacial score (nSPS) is 37.5. The molecule has 0 unspecified atom stereocenters. The lowest BCUT2D eigenvalue weighted by atomic mass is 9.47. The van der Waals surface area contributed by atoms with E-state index in [9.17, 15) is 9.59 Å². The standard InChI is InChI=1S/C54H51NO2/c56-49-30-12-8-28(9-13-30)32-24-36-40(26-34(32)49)55-41-27-35-33(29-10-14-31(15-11-29)50(35)57)25-37(41)43-47-45-44-38(6-1-7-39(44)52-18-4-22-54(47,52)23-5-19-52)51-16-2-20-53(51,21-3-17-51)46(45)42(36)48(43)55/h1,6-7,24-31H,2-5,8-23H2. The number of hydrogen-bond acceptors (Lipinski definition) is 2. The number of ketones is 2. The molecule has 57 heavy (non-hydrogen) atoms. The number of nitrogens with zero attached hydrogens (tertiary/aromatic N) is 1. The van der Waals surface area contributed by atoms with E-state index in [0.29, 0.717) is 23.4 Å². The molecule has 284 valence electrons. The monoisotopic (exact) mass is 745 g/mol. The molecular weight excluding hydrogens is 695 g/mol. The third kappa shape index (κ3) is 3.01. The van der Waals surface area contributed by atoms with Crippen LogP contribution in [0.1, 0.15) is 194 Å². The van der Waals surface area contributed by atoms with Gasteiger partial charge in [0.05, 0.1) is 16.6 Å². The van der Waals surface area contributed by atoms with E-state index in [0.717, 1.165) is 62.5 Å². The van der Waals surface area contributed by atoms with Crippen LogP contribution in [0.4, 0.5) is 0 Å². The van der Waals surface area contributed by atoms with E-state index < -0.39 is 0 Å². The summed E-state index contributed by atoms with van der Waals surface area (Å²) in [4.78, 5) is 29.1. The third-order valence-electron chi connectivity index (χ3n) is 20.6. The van der Waals surface area contributed by atoms with E-state index in [1.54, 1.807) is 44.2 Å². The maximum Gasteiger partial charge on any atom is 0.166 e. The molecule has 12 aliphatic rings. The fourth-order valence-electron chi connectivity index (χ4n) is 18.8. The summed E-state index contributed by atoms with van der Waals surface area (Å²) in [6.45, 7) is 0. The molecule has 0 aliphatic heterocycles. The third-order valence-corrected chi connectivity index (χ3v) is 20.6. The van der Waals surface area contributed by atoms with Gasteiger partial charge >= 0.3 is 0 Å². The lowest BCUT2D eigenvalue weighted by Gasteiger charge is -2.56. The van der Waals surface area contributed by atoms with Crippen molar-refractivity contribution in [1.82, 2.24) is 4.40 Å². The van der Waals surface area contributed by atoms with Crippen LogP contribution in [-0.4, -0.2) is 16.0 Å². The lowest BCUT2D eigenvalue weighted by Crippen LogP contribution is -2.50. The minimum atomic E-state index is 0.149. The number of carbonyl (C=O) groups excluding carboxylic acids is 2. The zero-order valence-corrected chi connectivity index (χ0v) is 33.3. The average Bonchev–Trinajstić information content (AvgIpc) is 4.05. The number of fused-ring (bicyclic) bond motifs is 12. The summed E-state index contributed by atoms with van der Waals surface area (Å²) in [7, 11) is 0. The molecule has 4 aromatic carbocycles. The summed E-state index contributed by atoms with van der Waals surface area (Å²) in [5, 5.41) is 5.95. The van der Waals surface area contributed by atoms with Crippen LogP contribution >= 0.6 is 0 Å². The van der Waals surface area contributed by atoms with Crippen molar-refractivity contribution in [3.05, 3.63) is 87.0 Å². The predicted molar refractivity (Wildman–Crippen MR) is 227 cm³/mol. The number of carbonyl (C=O) groups is 2. The molecule has 4 bridgehead atoms. The van der Waals surface area contributed by atoms with E-state index in [4.69, 9.17) is 0 Å². The Kier molecular flexibility index (Phi) is 5.20. The lowest BCUT2D eigenvalue weighted by molar-refractivity contribution is 0.0891. The van der Waals surface area contributed by atoms with Crippen molar-refractivity contribution in [3.63, 3.8) is 0 Å². The Morgan fingerprint density at radius 1 is 0.474 bits per heavy atom. The van der Waals surface area contributed by atoms with E-state index in [-0.39, 0.29) is 33.5 Å². The van der Waals surface area contributed by atoms with Crippen LogP contribution in [0.15, 0.2) is 42.5 Å². The van der Waals surface area contributed by atoms with Crippen molar-refractivity contribution in [3.8, 4) is 11.1 Å². The second-order valence-corrected chi connectivity index (χ2v) is 21.8. The van der Waals surface area contributed by atoms with Gasteiger partial charge < -0.3 is 4.40 Å². The minimum Gasteiger partial charge on any atom is -0.308 e. The van der Waals surface area contributed by atoms with Gasteiger partial charge in [0.15, 0.2) is 11.6 Å². The highest BCUT2D eigenvalue weighted by Gasteiger charge is 2.69. The molecule has 0 radical (unpaired) electrons. The Morgan fingerprint density at radius 2 is 0.877 bits per heavy atom. The smallest absolute Gasteiger partial charge is 0.166 e. The molecular formula is C54H51NO2.